The van der Waals surface area contributed by atoms with Crippen molar-refractivity contribution in [3.8, 4) is 0 Å². The Morgan fingerprint density at radius 3 is 2.42 bits per heavy atom. The monoisotopic (exact) mass is 362 g/mol. The van der Waals surface area contributed by atoms with Crippen LogP contribution in [0.25, 0.3) is 0 Å². The van der Waals surface area contributed by atoms with Gasteiger partial charge in [-0.05, 0) is 50.4 Å². The molecular formula is C20H31FN4O. The second-order valence-corrected chi connectivity index (χ2v) is 7.57. The molecule has 1 aliphatic heterocycles. The standard InChI is InChI=1S/C20H31FN4O/c1-3-24-10-12-25(13-11-24)19-9-4-15(14-18(19)21)20(26)23(2)17-7-5-16(22)6-8-17/h4,9,14,16-17H,3,5-8,10-13,22H2,1-2H3. The fourth-order valence-corrected chi connectivity index (χ4v) is 4.06. The lowest BCUT2D eigenvalue weighted by molar-refractivity contribution is 0.0689. The van der Waals surface area contributed by atoms with Crippen molar-refractivity contribution >= 4 is 11.6 Å². The van der Waals surface area contributed by atoms with Crippen LogP contribution in [0.4, 0.5) is 10.1 Å². The van der Waals surface area contributed by atoms with Gasteiger partial charge in [0.15, 0.2) is 0 Å². The van der Waals surface area contributed by atoms with E-state index in [1.165, 1.54) is 6.07 Å². The Bertz CT molecular complexity index is 622. The predicted molar refractivity (Wildman–Crippen MR) is 103 cm³/mol. The molecule has 1 aliphatic carbocycles. The Kier molecular flexibility index (Phi) is 6.14. The first-order valence-corrected chi connectivity index (χ1v) is 9.79. The van der Waals surface area contributed by atoms with Crippen LogP contribution < -0.4 is 10.6 Å². The summed E-state index contributed by atoms with van der Waals surface area (Å²) in [5, 5.41) is 0. The quantitative estimate of drug-likeness (QED) is 0.893. The van der Waals surface area contributed by atoms with Gasteiger partial charge in [-0.2, -0.15) is 0 Å². The Morgan fingerprint density at radius 1 is 1.19 bits per heavy atom. The predicted octanol–water partition coefficient (Wildman–Crippen LogP) is 2.31. The van der Waals surface area contributed by atoms with Gasteiger partial charge in [-0.15, -0.1) is 0 Å². The van der Waals surface area contributed by atoms with Crippen molar-refractivity contribution in [3.63, 3.8) is 0 Å². The van der Waals surface area contributed by atoms with E-state index >= 15 is 0 Å². The summed E-state index contributed by atoms with van der Waals surface area (Å²) in [7, 11) is 1.82. The second kappa shape index (κ2) is 8.35. The van der Waals surface area contributed by atoms with Crippen molar-refractivity contribution < 1.29 is 9.18 Å². The number of piperazine rings is 1. The van der Waals surface area contributed by atoms with Crippen molar-refractivity contribution in [3.05, 3.63) is 29.6 Å². The highest BCUT2D eigenvalue weighted by Crippen LogP contribution is 2.25. The van der Waals surface area contributed by atoms with Gasteiger partial charge < -0.3 is 20.4 Å². The first-order valence-electron chi connectivity index (χ1n) is 9.79. The van der Waals surface area contributed by atoms with Crippen LogP contribution in [-0.4, -0.2) is 67.6 Å². The zero-order chi connectivity index (χ0) is 18.7. The third-order valence-corrected chi connectivity index (χ3v) is 5.96. The van der Waals surface area contributed by atoms with E-state index in [1.807, 2.05) is 7.05 Å². The average molecular weight is 362 g/mol. The van der Waals surface area contributed by atoms with E-state index in [9.17, 15) is 9.18 Å². The minimum Gasteiger partial charge on any atom is -0.367 e. The average Bonchev–Trinajstić information content (AvgIpc) is 2.67. The maximum atomic E-state index is 14.7. The van der Waals surface area contributed by atoms with E-state index < -0.39 is 0 Å². The number of carbonyl (C=O) groups excluding carboxylic acids is 1. The summed E-state index contributed by atoms with van der Waals surface area (Å²) >= 11 is 0. The molecule has 0 spiro atoms. The maximum absolute atomic E-state index is 14.7. The number of hydrogen-bond acceptors (Lipinski definition) is 4. The van der Waals surface area contributed by atoms with Crippen molar-refractivity contribution in [2.75, 3.05) is 44.7 Å². The molecule has 1 saturated heterocycles. The van der Waals surface area contributed by atoms with Gasteiger partial charge in [-0.25, -0.2) is 4.39 Å². The molecule has 2 N–H and O–H groups in total. The van der Waals surface area contributed by atoms with Gasteiger partial charge in [0.2, 0.25) is 0 Å². The molecule has 0 unspecified atom stereocenters. The first kappa shape index (κ1) is 19.1. The van der Waals surface area contributed by atoms with Crippen LogP contribution in [0.15, 0.2) is 18.2 Å². The van der Waals surface area contributed by atoms with E-state index in [0.717, 1.165) is 58.4 Å². The minimum absolute atomic E-state index is 0.105. The van der Waals surface area contributed by atoms with Gasteiger partial charge in [0.1, 0.15) is 5.82 Å². The number of halogens is 1. The van der Waals surface area contributed by atoms with Crippen molar-refractivity contribution in [1.29, 1.82) is 0 Å². The number of carbonyl (C=O) groups is 1. The van der Waals surface area contributed by atoms with Crippen LogP contribution in [0.3, 0.4) is 0 Å². The maximum Gasteiger partial charge on any atom is 0.253 e. The van der Waals surface area contributed by atoms with Crippen molar-refractivity contribution in [1.82, 2.24) is 9.80 Å². The molecule has 2 fully saturated rings. The number of rotatable bonds is 4. The van der Waals surface area contributed by atoms with E-state index in [-0.39, 0.29) is 23.8 Å². The third-order valence-electron chi connectivity index (χ3n) is 5.96. The Hall–Kier alpha value is -1.66. The molecule has 0 atom stereocenters. The van der Waals surface area contributed by atoms with Crippen molar-refractivity contribution in [2.24, 2.45) is 5.73 Å². The molecule has 1 heterocycles. The fraction of sp³-hybridized carbons (Fsp3) is 0.650. The minimum atomic E-state index is -0.306. The van der Waals surface area contributed by atoms with Crippen LogP contribution in [0, 0.1) is 5.82 Å². The Labute approximate surface area is 155 Å². The number of nitrogens with zero attached hydrogens (tertiary/aromatic N) is 3. The number of anilines is 1. The van der Waals surface area contributed by atoms with Crippen LogP contribution in [0.1, 0.15) is 43.0 Å². The Balaban J connectivity index is 1.66. The first-order chi connectivity index (χ1) is 12.5. The molecule has 2 aliphatic rings. The Morgan fingerprint density at radius 2 is 1.85 bits per heavy atom. The van der Waals surface area contributed by atoms with Crippen molar-refractivity contribution in [2.45, 2.75) is 44.7 Å². The molecule has 3 rings (SSSR count). The SMILES string of the molecule is CCN1CCN(c2ccc(C(=O)N(C)C3CCC(N)CC3)cc2F)CC1. The van der Waals surface area contributed by atoms with Crippen LogP contribution in [0.5, 0.6) is 0 Å². The molecule has 1 saturated carbocycles. The number of likely N-dealkylation sites (N-methyl/N-ethyl adjacent to an activating group) is 1. The highest BCUT2D eigenvalue weighted by atomic mass is 19.1. The van der Waals surface area contributed by atoms with Gasteiger partial charge >= 0.3 is 0 Å². The summed E-state index contributed by atoms with van der Waals surface area (Å²) < 4.78 is 14.7. The number of hydrogen-bond donors (Lipinski definition) is 1. The molecule has 1 aromatic carbocycles. The number of nitrogens with two attached hydrogens (primary N) is 1. The lowest BCUT2D eigenvalue weighted by Crippen LogP contribution is -2.46. The summed E-state index contributed by atoms with van der Waals surface area (Å²) in [4.78, 5) is 18.9. The normalized spacial score (nSPS) is 24.5. The number of amides is 1. The second-order valence-electron chi connectivity index (χ2n) is 7.57. The van der Waals surface area contributed by atoms with E-state index in [4.69, 9.17) is 5.73 Å². The van der Waals surface area contributed by atoms with Crippen LogP contribution in [0.2, 0.25) is 0 Å². The summed E-state index contributed by atoms with van der Waals surface area (Å²) in [6.07, 6.45) is 3.73. The molecule has 5 nitrogen and oxygen atoms in total. The molecule has 1 aromatic rings. The summed E-state index contributed by atoms with van der Waals surface area (Å²) in [5.74, 6) is -0.411. The van der Waals surface area contributed by atoms with Gasteiger partial charge in [-0.3, -0.25) is 4.79 Å². The molecule has 26 heavy (non-hydrogen) atoms. The summed E-state index contributed by atoms with van der Waals surface area (Å²) in [6.45, 7) is 6.71. The van der Waals surface area contributed by atoms with Crippen LogP contribution >= 0.6 is 0 Å². The van der Waals surface area contributed by atoms with Gasteiger partial charge in [-0.1, -0.05) is 6.92 Å². The highest BCUT2D eigenvalue weighted by Gasteiger charge is 2.26. The van der Waals surface area contributed by atoms with Gasteiger partial charge in [0.05, 0.1) is 5.69 Å². The summed E-state index contributed by atoms with van der Waals surface area (Å²) in [5.41, 5.74) is 6.98. The molecule has 0 aromatic heterocycles. The fourth-order valence-electron chi connectivity index (χ4n) is 4.06. The molecule has 0 bridgehead atoms. The zero-order valence-electron chi connectivity index (χ0n) is 16.0. The topological polar surface area (TPSA) is 52.8 Å². The van der Waals surface area contributed by atoms with Gasteiger partial charge in [0, 0.05) is 50.9 Å². The molecule has 0 radical (unpaired) electrons. The van der Waals surface area contributed by atoms with E-state index in [2.05, 4.69) is 16.7 Å². The molecule has 144 valence electrons. The summed E-state index contributed by atoms with van der Waals surface area (Å²) in [6, 6.07) is 5.37. The molecule has 6 heteroatoms. The third kappa shape index (κ3) is 4.18. The number of benzene rings is 1. The van der Waals surface area contributed by atoms with E-state index in [1.54, 1.807) is 17.0 Å². The largest absolute Gasteiger partial charge is 0.367 e. The molecule has 1 amide bonds. The van der Waals surface area contributed by atoms with Crippen LogP contribution in [-0.2, 0) is 0 Å². The van der Waals surface area contributed by atoms with Gasteiger partial charge in [0.25, 0.3) is 5.91 Å². The molecular weight excluding hydrogens is 331 g/mol. The lowest BCUT2D eigenvalue weighted by atomic mass is 9.90. The smallest absolute Gasteiger partial charge is 0.253 e. The highest BCUT2D eigenvalue weighted by molar-refractivity contribution is 5.94. The van der Waals surface area contributed by atoms with E-state index in [0.29, 0.717) is 11.3 Å². The zero-order valence-corrected chi connectivity index (χ0v) is 16.0. The lowest BCUT2D eigenvalue weighted by Gasteiger charge is -2.36.